The number of nitrogens with zero attached hydrogens (tertiary/aromatic N) is 1. The van der Waals surface area contributed by atoms with Crippen LogP contribution < -0.4 is 10.6 Å². The molecule has 6 heteroatoms. The van der Waals surface area contributed by atoms with Crippen molar-refractivity contribution in [3.8, 4) is 0 Å². The van der Waals surface area contributed by atoms with Gasteiger partial charge < -0.3 is 10.6 Å². The molecular formula is C16H25FIN3S. The van der Waals surface area contributed by atoms with Crippen molar-refractivity contribution in [2.24, 2.45) is 4.99 Å². The molecule has 0 aromatic heterocycles. The Morgan fingerprint density at radius 3 is 2.95 bits per heavy atom. The van der Waals surface area contributed by atoms with E-state index < -0.39 is 0 Å². The maximum atomic E-state index is 13.1. The first-order valence-corrected chi connectivity index (χ1v) is 8.71. The molecule has 1 unspecified atom stereocenters. The minimum absolute atomic E-state index is 0. The maximum Gasteiger partial charge on any atom is 0.191 e. The van der Waals surface area contributed by atoms with E-state index in [1.54, 1.807) is 12.1 Å². The number of guanidine groups is 1. The van der Waals surface area contributed by atoms with Gasteiger partial charge in [0.05, 0.1) is 6.54 Å². The second-order valence-corrected chi connectivity index (χ2v) is 6.57. The highest BCUT2D eigenvalue weighted by Gasteiger charge is 2.14. The molecule has 1 aliphatic heterocycles. The monoisotopic (exact) mass is 437 g/mol. The average molecular weight is 437 g/mol. The summed E-state index contributed by atoms with van der Waals surface area (Å²) in [4.78, 5) is 4.64. The Morgan fingerprint density at radius 2 is 2.27 bits per heavy atom. The summed E-state index contributed by atoms with van der Waals surface area (Å²) < 4.78 is 13.1. The molecule has 1 fully saturated rings. The lowest BCUT2D eigenvalue weighted by Gasteiger charge is -2.12. The molecule has 22 heavy (non-hydrogen) atoms. The van der Waals surface area contributed by atoms with E-state index in [9.17, 15) is 4.39 Å². The summed E-state index contributed by atoms with van der Waals surface area (Å²) >= 11 is 2.02. The van der Waals surface area contributed by atoms with Gasteiger partial charge in [-0.3, -0.25) is 4.99 Å². The number of rotatable bonds is 6. The van der Waals surface area contributed by atoms with Crippen molar-refractivity contribution in [3.05, 3.63) is 35.6 Å². The average Bonchev–Trinajstić information content (AvgIpc) is 2.98. The molecule has 0 aliphatic carbocycles. The Balaban J connectivity index is 0.00000242. The van der Waals surface area contributed by atoms with E-state index in [0.29, 0.717) is 5.25 Å². The van der Waals surface area contributed by atoms with Gasteiger partial charge in [0.2, 0.25) is 0 Å². The van der Waals surface area contributed by atoms with Gasteiger partial charge in [0, 0.05) is 18.3 Å². The van der Waals surface area contributed by atoms with Gasteiger partial charge in [-0.25, -0.2) is 4.39 Å². The van der Waals surface area contributed by atoms with E-state index in [0.717, 1.165) is 37.6 Å². The van der Waals surface area contributed by atoms with E-state index in [1.165, 1.54) is 24.7 Å². The summed E-state index contributed by atoms with van der Waals surface area (Å²) in [6, 6.07) is 6.76. The molecule has 124 valence electrons. The second kappa shape index (κ2) is 11.1. The molecule has 0 bridgehead atoms. The van der Waals surface area contributed by atoms with Gasteiger partial charge in [0.1, 0.15) is 5.82 Å². The SMILES string of the molecule is CCNC(=NCC1CCCS1)NCCc1cccc(F)c1.I. The number of thioether (sulfide) groups is 1. The summed E-state index contributed by atoms with van der Waals surface area (Å²) in [6.07, 6.45) is 3.38. The third-order valence-electron chi connectivity index (χ3n) is 3.42. The van der Waals surface area contributed by atoms with Crippen LogP contribution >= 0.6 is 35.7 Å². The van der Waals surface area contributed by atoms with Crippen molar-refractivity contribution in [3.63, 3.8) is 0 Å². The quantitative estimate of drug-likeness (QED) is 0.407. The molecule has 0 radical (unpaired) electrons. The first-order valence-electron chi connectivity index (χ1n) is 7.66. The van der Waals surface area contributed by atoms with Gasteiger partial charge in [-0.2, -0.15) is 11.8 Å². The molecule has 1 aromatic carbocycles. The molecule has 3 nitrogen and oxygen atoms in total. The fourth-order valence-electron chi connectivity index (χ4n) is 2.34. The summed E-state index contributed by atoms with van der Waals surface area (Å²) in [6.45, 7) is 4.55. The van der Waals surface area contributed by atoms with Gasteiger partial charge in [-0.15, -0.1) is 24.0 Å². The minimum Gasteiger partial charge on any atom is -0.357 e. The molecule has 2 rings (SSSR count). The molecule has 1 heterocycles. The van der Waals surface area contributed by atoms with Gasteiger partial charge in [0.25, 0.3) is 0 Å². The van der Waals surface area contributed by atoms with Crippen LogP contribution in [0, 0.1) is 5.82 Å². The van der Waals surface area contributed by atoms with Crippen LogP contribution in [0.25, 0.3) is 0 Å². The van der Waals surface area contributed by atoms with E-state index in [1.807, 2.05) is 17.8 Å². The van der Waals surface area contributed by atoms with Crippen molar-refractivity contribution in [2.45, 2.75) is 31.4 Å². The van der Waals surface area contributed by atoms with Crippen LogP contribution in [0.4, 0.5) is 4.39 Å². The van der Waals surface area contributed by atoms with Crippen LogP contribution in [0.1, 0.15) is 25.3 Å². The molecule has 1 atom stereocenters. The highest BCUT2D eigenvalue weighted by molar-refractivity contribution is 14.0. The number of hydrogen-bond donors (Lipinski definition) is 2. The van der Waals surface area contributed by atoms with Crippen molar-refractivity contribution in [1.29, 1.82) is 0 Å². The third-order valence-corrected chi connectivity index (χ3v) is 4.80. The molecule has 2 N–H and O–H groups in total. The Morgan fingerprint density at radius 1 is 1.41 bits per heavy atom. The van der Waals surface area contributed by atoms with Crippen LogP contribution in [0.2, 0.25) is 0 Å². The Kier molecular flexibility index (Phi) is 9.86. The van der Waals surface area contributed by atoms with Crippen LogP contribution in [0.15, 0.2) is 29.3 Å². The lowest BCUT2D eigenvalue weighted by Crippen LogP contribution is -2.38. The second-order valence-electron chi connectivity index (χ2n) is 5.16. The van der Waals surface area contributed by atoms with Crippen molar-refractivity contribution in [2.75, 3.05) is 25.4 Å². The minimum atomic E-state index is -0.175. The summed E-state index contributed by atoms with van der Waals surface area (Å²) in [5, 5.41) is 7.25. The van der Waals surface area contributed by atoms with Crippen LogP contribution in [0.3, 0.4) is 0 Å². The fourth-order valence-corrected chi connectivity index (χ4v) is 3.52. The smallest absolute Gasteiger partial charge is 0.191 e. The zero-order chi connectivity index (χ0) is 14.9. The summed E-state index contributed by atoms with van der Waals surface area (Å²) in [7, 11) is 0. The molecule has 0 spiro atoms. The first-order chi connectivity index (χ1) is 10.3. The molecule has 1 aliphatic rings. The number of benzene rings is 1. The van der Waals surface area contributed by atoms with Gasteiger partial charge >= 0.3 is 0 Å². The summed E-state index contributed by atoms with van der Waals surface area (Å²) in [5.41, 5.74) is 1.00. The highest BCUT2D eigenvalue weighted by Crippen LogP contribution is 2.25. The van der Waals surface area contributed by atoms with Crippen molar-refractivity contribution >= 4 is 41.7 Å². The molecule has 0 saturated carbocycles. The highest BCUT2D eigenvalue weighted by atomic mass is 127. The van der Waals surface area contributed by atoms with Gasteiger partial charge in [0.15, 0.2) is 5.96 Å². The van der Waals surface area contributed by atoms with E-state index >= 15 is 0 Å². The van der Waals surface area contributed by atoms with Gasteiger partial charge in [-0.1, -0.05) is 12.1 Å². The zero-order valence-electron chi connectivity index (χ0n) is 13.0. The van der Waals surface area contributed by atoms with E-state index in [-0.39, 0.29) is 29.8 Å². The number of aliphatic imine (C=N–C) groups is 1. The van der Waals surface area contributed by atoms with E-state index in [2.05, 4.69) is 22.5 Å². The van der Waals surface area contributed by atoms with E-state index in [4.69, 9.17) is 0 Å². The summed E-state index contributed by atoms with van der Waals surface area (Å²) in [5.74, 6) is 1.96. The topological polar surface area (TPSA) is 36.4 Å². The van der Waals surface area contributed by atoms with Crippen LogP contribution in [0.5, 0.6) is 0 Å². The Hall–Kier alpha value is -0.500. The predicted octanol–water partition coefficient (Wildman–Crippen LogP) is 3.44. The van der Waals surface area contributed by atoms with Crippen LogP contribution in [-0.4, -0.2) is 36.6 Å². The lowest BCUT2D eigenvalue weighted by molar-refractivity contribution is 0.625. The standard InChI is InChI=1S/C16H24FN3S.HI/c1-2-18-16(20-12-15-7-4-10-21-15)19-9-8-13-5-3-6-14(17)11-13;/h3,5-6,11,15H,2,4,7-10,12H2,1H3,(H2,18,19,20);1H. The normalized spacial score (nSPS) is 17.9. The number of hydrogen-bond acceptors (Lipinski definition) is 2. The Labute approximate surface area is 154 Å². The largest absolute Gasteiger partial charge is 0.357 e. The van der Waals surface area contributed by atoms with Crippen molar-refractivity contribution in [1.82, 2.24) is 10.6 Å². The molecule has 0 amide bonds. The van der Waals surface area contributed by atoms with Crippen LogP contribution in [-0.2, 0) is 6.42 Å². The fraction of sp³-hybridized carbons (Fsp3) is 0.562. The lowest BCUT2D eigenvalue weighted by atomic mass is 10.1. The number of nitrogens with one attached hydrogen (secondary N) is 2. The third kappa shape index (κ3) is 7.17. The van der Waals surface area contributed by atoms with Crippen molar-refractivity contribution < 1.29 is 4.39 Å². The Bertz CT molecular complexity index is 464. The molecular weight excluding hydrogens is 412 g/mol. The zero-order valence-corrected chi connectivity index (χ0v) is 16.1. The van der Waals surface area contributed by atoms with Gasteiger partial charge in [-0.05, 0) is 49.6 Å². The molecule has 1 aromatic rings. The number of halogens is 2. The molecule has 1 saturated heterocycles. The first kappa shape index (κ1) is 19.5. The predicted molar refractivity (Wildman–Crippen MR) is 105 cm³/mol. The maximum absolute atomic E-state index is 13.1.